The van der Waals surface area contributed by atoms with Crippen molar-refractivity contribution in [1.29, 1.82) is 0 Å². The van der Waals surface area contributed by atoms with Gasteiger partial charge in [0.25, 0.3) is 0 Å². The van der Waals surface area contributed by atoms with Crippen LogP contribution in [0.3, 0.4) is 0 Å². The molecular formula is CaCl2MnO4S. The minimum Gasteiger partial charge on any atom is -1.00 e. The predicted octanol–water partition coefficient (Wildman–Crippen LogP) is -7.71. The Balaban J connectivity index is -0.0000000133. The zero-order valence-electron chi connectivity index (χ0n) is 3.88. The van der Waals surface area contributed by atoms with E-state index in [9.17, 15) is 0 Å². The molecule has 0 rings (SSSR count). The molecule has 0 saturated carbocycles. The minimum absolute atomic E-state index is 0. The van der Waals surface area contributed by atoms with E-state index in [2.05, 4.69) is 0 Å². The molecule has 0 aliphatic heterocycles. The first-order valence-corrected chi connectivity index (χ1v) is 2.00. The third-order valence-electron chi connectivity index (χ3n) is 0. The first kappa shape index (κ1) is 30.3. The SMILES string of the molecule is O=S(=O)([O-])[O-].[Ca+2].[Cl-].[Cl-].[Mn+2]. The van der Waals surface area contributed by atoms with Gasteiger partial charge in [-0.1, -0.05) is 0 Å². The molecule has 0 amide bonds. The van der Waals surface area contributed by atoms with Crippen LogP contribution in [0.2, 0.25) is 0 Å². The minimum atomic E-state index is -5.17. The van der Waals surface area contributed by atoms with Crippen LogP contribution in [0.5, 0.6) is 0 Å². The molecule has 0 aliphatic rings. The molecule has 1 radical (unpaired) electrons. The van der Waals surface area contributed by atoms with E-state index in [1.165, 1.54) is 0 Å². The van der Waals surface area contributed by atoms with Crippen molar-refractivity contribution in [1.82, 2.24) is 0 Å². The van der Waals surface area contributed by atoms with E-state index < -0.39 is 10.4 Å². The van der Waals surface area contributed by atoms with Crippen LogP contribution in [0.1, 0.15) is 0 Å². The molecule has 0 aromatic rings. The van der Waals surface area contributed by atoms with Crippen molar-refractivity contribution < 1.29 is 59.4 Å². The average molecular weight is 262 g/mol. The molecule has 4 nitrogen and oxygen atoms in total. The van der Waals surface area contributed by atoms with Gasteiger partial charge in [-0.05, 0) is 0 Å². The second-order valence-electron chi connectivity index (χ2n) is 0.408. The standard InChI is InChI=1S/Ca.2ClH.Mn.H2O4S/c;;;;1-5(2,3)4/h;2*1H;;(H2,1,2,3,4)/q+2;;;+2;/p-4. The third kappa shape index (κ3) is 139. The summed E-state index contributed by atoms with van der Waals surface area (Å²) in [4.78, 5) is 0. The number of hydrogen-bond acceptors (Lipinski definition) is 4. The summed E-state index contributed by atoms with van der Waals surface area (Å²) in [7, 11) is -5.17. The van der Waals surface area contributed by atoms with Gasteiger partial charge in [-0.15, -0.1) is 0 Å². The normalized spacial score (nSPS) is 6.44. The van der Waals surface area contributed by atoms with E-state index >= 15 is 0 Å². The second kappa shape index (κ2) is 12.9. The van der Waals surface area contributed by atoms with Gasteiger partial charge in [-0.25, -0.2) is 0 Å². The monoisotopic (exact) mass is 261 g/mol. The quantitative estimate of drug-likeness (QED) is 0.247. The number of rotatable bonds is 0. The van der Waals surface area contributed by atoms with Crippen molar-refractivity contribution >= 4 is 48.1 Å². The maximum absolute atomic E-state index is 8.52. The molecule has 0 aromatic carbocycles. The number of halogens is 2. The molecule has 0 atom stereocenters. The van der Waals surface area contributed by atoms with E-state index in [0.717, 1.165) is 0 Å². The van der Waals surface area contributed by atoms with Crippen molar-refractivity contribution in [3.8, 4) is 0 Å². The summed E-state index contributed by atoms with van der Waals surface area (Å²) in [5.41, 5.74) is 0. The topological polar surface area (TPSA) is 80.3 Å². The van der Waals surface area contributed by atoms with Crippen molar-refractivity contribution in [2.75, 3.05) is 0 Å². The van der Waals surface area contributed by atoms with Crippen molar-refractivity contribution in [2.45, 2.75) is 0 Å². The van der Waals surface area contributed by atoms with Crippen LogP contribution in [-0.4, -0.2) is 55.3 Å². The van der Waals surface area contributed by atoms with Crippen molar-refractivity contribution in [3.05, 3.63) is 0 Å². The average Bonchev–Trinajstić information content (AvgIpc) is 0.722. The molecule has 0 saturated heterocycles. The Morgan fingerprint density at radius 1 is 1.00 bits per heavy atom. The van der Waals surface area contributed by atoms with Gasteiger partial charge in [-0.3, -0.25) is 8.42 Å². The molecule has 0 N–H and O–H groups in total. The zero-order chi connectivity index (χ0) is 4.50. The van der Waals surface area contributed by atoms with E-state index in [-0.39, 0.29) is 79.6 Å². The Morgan fingerprint density at radius 3 is 1.00 bits per heavy atom. The summed E-state index contributed by atoms with van der Waals surface area (Å²) >= 11 is 0. The van der Waals surface area contributed by atoms with Gasteiger partial charge in [0.15, 0.2) is 0 Å². The summed E-state index contributed by atoms with van der Waals surface area (Å²) in [5, 5.41) is 0. The Hall–Kier alpha value is 2.23. The summed E-state index contributed by atoms with van der Waals surface area (Å²) in [6.07, 6.45) is 0. The van der Waals surface area contributed by atoms with Crippen LogP contribution in [0, 0.1) is 0 Å². The Kier molecular flexibility index (Phi) is 43.3. The molecule has 9 heavy (non-hydrogen) atoms. The van der Waals surface area contributed by atoms with Gasteiger partial charge in [0.2, 0.25) is 0 Å². The molecule has 0 unspecified atom stereocenters. The summed E-state index contributed by atoms with van der Waals surface area (Å²) in [6, 6.07) is 0. The van der Waals surface area contributed by atoms with Crippen LogP contribution in [0.25, 0.3) is 0 Å². The maximum atomic E-state index is 8.52. The van der Waals surface area contributed by atoms with Crippen LogP contribution >= 0.6 is 0 Å². The number of hydrogen-bond donors (Lipinski definition) is 0. The van der Waals surface area contributed by atoms with Crippen LogP contribution in [0.15, 0.2) is 0 Å². The van der Waals surface area contributed by atoms with Gasteiger partial charge in [0.05, 0.1) is 0 Å². The fourth-order valence-corrected chi connectivity index (χ4v) is 0. The van der Waals surface area contributed by atoms with E-state index in [1.807, 2.05) is 0 Å². The molecule has 9 heteroatoms. The van der Waals surface area contributed by atoms with Gasteiger partial charge in [0.1, 0.15) is 0 Å². The second-order valence-corrected chi connectivity index (χ2v) is 1.22. The van der Waals surface area contributed by atoms with Crippen LogP contribution < -0.4 is 24.8 Å². The maximum Gasteiger partial charge on any atom is 2.00 e. The molecule has 0 heterocycles. The Morgan fingerprint density at radius 2 is 1.00 bits per heavy atom. The van der Waals surface area contributed by atoms with Gasteiger partial charge < -0.3 is 33.9 Å². The molecule has 0 fully saturated rings. The van der Waals surface area contributed by atoms with Gasteiger partial charge in [-0.2, -0.15) is 0 Å². The van der Waals surface area contributed by atoms with Gasteiger partial charge >= 0.3 is 54.8 Å². The molecule has 0 aromatic heterocycles. The molecule has 53 valence electrons. The zero-order valence-corrected chi connectivity index (χ0v) is 9.60. The largest absolute Gasteiger partial charge is 2.00 e. The predicted molar refractivity (Wildman–Crippen MR) is 16.2 cm³/mol. The van der Waals surface area contributed by atoms with Crippen molar-refractivity contribution in [2.24, 2.45) is 0 Å². The Bertz CT molecular complexity index is 102. The van der Waals surface area contributed by atoms with E-state index in [4.69, 9.17) is 17.5 Å². The van der Waals surface area contributed by atoms with Crippen LogP contribution in [-0.2, 0) is 27.5 Å². The molecule has 0 spiro atoms. The fourth-order valence-electron chi connectivity index (χ4n) is 0. The third-order valence-corrected chi connectivity index (χ3v) is 0. The molecule has 0 aliphatic carbocycles. The summed E-state index contributed by atoms with van der Waals surface area (Å²) < 4.78 is 34.1. The van der Waals surface area contributed by atoms with E-state index in [1.54, 1.807) is 0 Å². The summed E-state index contributed by atoms with van der Waals surface area (Å²) in [5.74, 6) is 0. The summed E-state index contributed by atoms with van der Waals surface area (Å²) in [6.45, 7) is 0. The van der Waals surface area contributed by atoms with Crippen LogP contribution in [0.4, 0.5) is 0 Å². The Labute approximate surface area is 106 Å². The first-order valence-electron chi connectivity index (χ1n) is 0.667. The smallest absolute Gasteiger partial charge is 1.00 e. The van der Waals surface area contributed by atoms with E-state index in [0.29, 0.717) is 0 Å². The van der Waals surface area contributed by atoms with Gasteiger partial charge in [0, 0.05) is 10.4 Å². The molecule has 0 bridgehead atoms. The fraction of sp³-hybridized carbons (Fsp3) is 0. The molecular weight excluding hydrogens is 262 g/mol. The van der Waals surface area contributed by atoms with Crippen molar-refractivity contribution in [3.63, 3.8) is 0 Å². The first-order chi connectivity index (χ1) is 2.00.